The number of thiophene rings is 1. The second-order valence-electron chi connectivity index (χ2n) is 9.38. The van der Waals surface area contributed by atoms with E-state index in [1.54, 1.807) is 22.2 Å². The minimum Gasteiger partial charge on any atom is -0.382 e. The van der Waals surface area contributed by atoms with Gasteiger partial charge in [0, 0.05) is 23.0 Å². The molecule has 0 radical (unpaired) electrons. The van der Waals surface area contributed by atoms with Crippen molar-refractivity contribution in [3.8, 4) is 11.1 Å². The molecule has 1 N–H and O–H groups in total. The Morgan fingerprint density at radius 2 is 1.80 bits per heavy atom. The molecule has 1 aliphatic rings. The first-order valence-corrected chi connectivity index (χ1v) is 12.9. The van der Waals surface area contributed by atoms with Crippen LogP contribution in [0.5, 0.6) is 0 Å². The Balaban J connectivity index is 1.26. The van der Waals surface area contributed by atoms with Crippen molar-refractivity contribution in [3.05, 3.63) is 117 Å². The van der Waals surface area contributed by atoms with Crippen molar-refractivity contribution in [2.45, 2.75) is 38.8 Å². The summed E-state index contributed by atoms with van der Waals surface area (Å²) in [5.41, 5.74) is 7.13. The molecule has 0 saturated carbocycles. The fraction of sp³-hybridized carbons (Fsp3) is 0.200. The number of fused-ring (bicyclic) bond motifs is 3. The van der Waals surface area contributed by atoms with Crippen LogP contribution >= 0.6 is 11.3 Å². The highest BCUT2D eigenvalue weighted by molar-refractivity contribution is 7.18. The molecule has 5 aromatic rings. The van der Waals surface area contributed by atoms with Gasteiger partial charge in [-0.2, -0.15) is 0 Å². The van der Waals surface area contributed by atoms with E-state index in [-0.39, 0.29) is 5.56 Å². The topological polar surface area (TPSA) is 46.9 Å². The maximum atomic E-state index is 13.5. The molecule has 0 fully saturated rings. The monoisotopic (exact) mass is 477 g/mol. The van der Waals surface area contributed by atoms with Crippen molar-refractivity contribution in [2.75, 3.05) is 5.32 Å². The third-order valence-corrected chi connectivity index (χ3v) is 8.01. The predicted molar refractivity (Wildman–Crippen MR) is 145 cm³/mol. The summed E-state index contributed by atoms with van der Waals surface area (Å²) in [5.74, 6) is 0. The number of hydrogen-bond acceptors (Lipinski definition) is 4. The number of rotatable bonds is 5. The van der Waals surface area contributed by atoms with Crippen LogP contribution in [0.1, 0.15) is 28.0 Å². The number of anilines is 1. The molecule has 4 nitrogen and oxygen atoms in total. The predicted octanol–water partition coefficient (Wildman–Crippen LogP) is 6.45. The van der Waals surface area contributed by atoms with Crippen LogP contribution < -0.4 is 10.9 Å². The number of benzene rings is 3. The van der Waals surface area contributed by atoms with E-state index in [0.29, 0.717) is 12.6 Å². The van der Waals surface area contributed by atoms with Crippen molar-refractivity contribution in [2.24, 2.45) is 0 Å². The van der Waals surface area contributed by atoms with E-state index >= 15 is 0 Å². The summed E-state index contributed by atoms with van der Waals surface area (Å²) in [4.78, 5) is 20.4. The van der Waals surface area contributed by atoms with Crippen LogP contribution in [0.2, 0.25) is 0 Å². The highest BCUT2D eigenvalue weighted by Crippen LogP contribution is 2.34. The number of aromatic nitrogens is 2. The SMILES string of the molecule is Cc1ccc(NC2CCc3c(sc4ncn(Cc5cccc(-c6ccccc6)c5)c(=O)c34)C2)cc1. The number of hydrogen-bond donors (Lipinski definition) is 1. The molecule has 5 heteroatoms. The lowest BCUT2D eigenvalue weighted by Crippen LogP contribution is -2.27. The minimum absolute atomic E-state index is 0.0718. The lowest BCUT2D eigenvalue weighted by Gasteiger charge is -2.24. The molecule has 0 saturated heterocycles. The van der Waals surface area contributed by atoms with E-state index < -0.39 is 0 Å². The van der Waals surface area contributed by atoms with Gasteiger partial charge in [0.15, 0.2) is 0 Å². The summed E-state index contributed by atoms with van der Waals surface area (Å²) in [6, 6.07) is 27.7. The molecule has 174 valence electrons. The summed E-state index contributed by atoms with van der Waals surface area (Å²) in [7, 11) is 0. The summed E-state index contributed by atoms with van der Waals surface area (Å²) in [5, 5.41) is 4.49. The van der Waals surface area contributed by atoms with Gasteiger partial charge < -0.3 is 5.32 Å². The number of nitrogens with one attached hydrogen (secondary N) is 1. The molecule has 2 aromatic heterocycles. The van der Waals surface area contributed by atoms with Crippen LogP contribution in [-0.4, -0.2) is 15.6 Å². The summed E-state index contributed by atoms with van der Waals surface area (Å²) >= 11 is 1.68. The molecule has 6 rings (SSSR count). The molecule has 1 aliphatic carbocycles. The molecule has 0 amide bonds. The molecule has 2 heterocycles. The maximum absolute atomic E-state index is 13.5. The van der Waals surface area contributed by atoms with Crippen molar-refractivity contribution in [1.29, 1.82) is 0 Å². The summed E-state index contributed by atoms with van der Waals surface area (Å²) in [6.45, 7) is 2.62. The highest BCUT2D eigenvalue weighted by atomic mass is 32.1. The van der Waals surface area contributed by atoms with E-state index in [4.69, 9.17) is 4.98 Å². The van der Waals surface area contributed by atoms with Gasteiger partial charge in [0.05, 0.1) is 18.3 Å². The van der Waals surface area contributed by atoms with E-state index in [1.165, 1.54) is 21.6 Å². The molecule has 1 atom stereocenters. The fourth-order valence-corrected chi connectivity index (χ4v) is 6.26. The Bertz CT molecular complexity index is 1550. The first-order valence-electron chi connectivity index (χ1n) is 12.1. The fourth-order valence-electron chi connectivity index (χ4n) is 5.00. The van der Waals surface area contributed by atoms with Gasteiger partial charge in [-0.05, 0) is 60.2 Å². The Hall–Kier alpha value is -3.70. The van der Waals surface area contributed by atoms with E-state index in [2.05, 4.69) is 72.9 Å². The van der Waals surface area contributed by atoms with E-state index in [1.807, 2.05) is 18.2 Å². The Kier molecular flexibility index (Phi) is 5.71. The standard InChI is InChI=1S/C30H27N3OS/c1-20-10-12-24(13-11-20)32-25-14-15-26-27(17-25)35-29-28(26)30(34)33(19-31-29)18-21-6-5-9-23(16-21)22-7-3-2-4-8-22/h2-13,16,19,25,32H,14-15,17-18H2,1H3. The zero-order valence-electron chi connectivity index (χ0n) is 19.7. The van der Waals surface area contributed by atoms with Gasteiger partial charge in [-0.25, -0.2) is 4.98 Å². The maximum Gasteiger partial charge on any atom is 0.262 e. The Morgan fingerprint density at radius 1 is 1.00 bits per heavy atom. The van der Waals surface area contributed by atoms with E-state index in [9.17, 15) is 4.79 Å². The molecular weight excluding hydrogens is 450 g/mol. The van der Waals surface area contributed by atoms with Crippen LogP contribution in [0, 0.1) is 6.92 Å². The third kappa shape index (κ3) is 4.40. The molecule has 0 bridgehead atoms. The quantitative estimate of drug-likeness (QED) is 0.316. The van der Waals surface area contributed by atoms with Gasteiger partial charge in [0.1, 0.15) is 4.83 Å². The van der Waals surface area contributed by atoms with Gasteiger partial charge in [-0.3, -0.25) is 9.36 Å². The van der Waals surface area contributed by atoms with E-state index in [0.717, 1.165) is 46.3 Å². The second kappa shape index (κ2) is 9.16. The average Bonchev–Trinajstić information content (AvgIpc) is 3.26. The largest absolute Gasteiger partial charge is 0.382 e. The molecule has 0 aliphatic heterocycles. The smallest absolute Gasteiger partial charge is 0.262 e. The van der Waals surface area contributed by atoms with Crippen LogP contribution in [-0.2, 0) is 19.4 Å². The van der Waals surface area contributed by atoms with Gasteiger partial charge in [0.25, 0.3) is 5.56 Å². The summed E-state index contributed by atoms with van der Waals surface area (Å²) < 4.78 is 1.76. The lowest BCUT2D eigenvalue weighted by atomic mass is 9.93. The Labute approximate surface area is 208 Å². The van der Waals surface area contributed by atoms with Crippen LogP contribution in [0.3, 0.4) is 0 Å². The number of nitrogens with zero attached hydrogens (tertiary/aromatic N) is 2. The molecule has 1 unspecified atom stereocenters. The second-order valence-corrected chi connectivity index (χ2v) is 10.5. The lowest BCUT2D eigenvalue weighted by molar-refractivity contribution is 0.621. The van der Waals surface area contributed by atoms with Crippen molar-refractivity contribution in [3.63, 3.8) is 0 Å². The van der Waals surface area contributed by atoms with Crippen molar-refractivity contribution >= 4 is 27.2 Å². The normalized spacial score (nSPS) is 15.2. The molecule has 3 aromatic carbocycles. The molecular formula is C30H27N3OS. The van der Waals surface area contributed by atoms with Crippen LogP contribution in [0.4, 0.5) is 5.69 Å². The zero-order valence-corrected chi connectivity index (χ0v) is 20.5. The zero-order chi connectivity index (χ0) is 23.8. The third-order valence-electron chi connectivity index (χ3n) is 6.85. The average molecular weight is 478 g/mol. The van der Waals surface area contributed by atoms with Crippen molar-refractivity contribution < 1.29 is 0 Å². The minimum atomic E-state index is 0.0718. The first kappa shape index (κ1) is 21.8. The number of aryl methyl sites for hydroxylation is 2. The van der Waals surface area contributed by atoms with Gasteiger partial charge in [0.2, 0.25) is 0 Å². The summed E-state index contributed by atoms with van der Waals surface area (Å²) in [6.07, 6.45) is 4.57. The van der Waals surface area contributed by atoms with Crippen LogP contribution in [0.15, 0.2) is 90.0 Å². The van der Waals surface area contributed by atoms with Gasteiger partial charge in [-0.15, -0.1) is 11.3 Å². The van der Waals surface area contributed by atoms with Gasteiger partial charge in [-0.1, -0.05) is 66.2 Å². The van der Waals surface area contributed by atoms with Gasteiger partial charge >= 0.3 is 0 Å². The highest BCUT2D eigenvalue weighted by Gasteiger charge is 2.25. The molecule has 35 heavy (non-hydrogen) atoms. The molecule has 0 spiro atoms. The first-order chi connectivity index (χ1) is 17.1. The van der Waals surface area contributed by atoms with Crippen molar-refractivity contribution in [1.82, 2.24) is 9.55 Å². The Morgan fingerprint density at radius 3 is 2.63 bits per heavy atom. The van der Waals surface area contributed by atoms with Crippen LogP contribution in [0.25, 0.3) is 21.3 Å².